The van der Waals surface area contributed by atoms with E-state index in [0.29, 0.717) is 5.56 Å². The Morgan fingerprint density at radius 3 is 2.24 bits per heavy atom. The summed E-state index contributed by atoms with van der Waals surface area (Å²) in [5, 5.41) is 8.86. The molecule has 0 radical (unpaired) electrons. The molecule has 0 saturated heterocycles. The van der Waals surface area contributed by atoms with Crippen LogP contribution in [-0.2, 0) is 11.2 Å². The van der Waals surface area contributed by atoms with Crippen molar-refractivity contribution in [1.29, 1.82) is 0 Å². The van der Waals surface area contributed by atoms with Crippen LogP contribution < -0.4 is 0 Å². The van der Waals surface area contributed by atoms with Crippen molar-refractivity contribution < 1.29 is 14.7 Å². The molecule has 0 unspecified atom stereocenters. The van der Waals surface area contributed by atoms with Crippen molar-refractivity contribution >= 4 is 11.9 Å². The van der Waals surface area contributed by atoms with Crippen LogP contribution in [0.2, 0.25) is 0 Å². The van der Waals surface area contributed by atoms with E-state index in [1.807, 2.05) is 36.4 Å². The molecule has 1 amide bonds. The van der Waals surface area contributed by atoms with Crippen molar-refractivity contribution in [3.63, 3.8) is 0 Å². The molecule has 0 heterocycles. The SMILES string of the molecule is CN(C)C(=O)c1cccc(-c2cccc(CC(=O)O)c2)c1. The van der Waals surface area contributed by atoms with Gasteiger partial charge in [-0.1, -0.05) is 36.4 Å². The third-order valence-corrected chi connectivity index (χ3v) is 3.13. The lowest BCUT2D eigenvalue weighted by Crippen LogP contribution is -2.21. The molecule has 0 saturated carbocycles. The molecule has 0 fully saturated rings. The van der Waals surface area contributed by atoms with Gasteiger partial charge in [0.25, 0.3) is 5.91 Å². The summed E-state index contributed by atoms with van der Waals surface area (Å²) in [7, 11) is 3.42. The molecule has 0 aliphatic carbocycles. The number of hydrogen-bond donors (Lipinski definition) is 1. The Balaban J connectivity index is 2.36. The van der Waals surface area contributed by atoms with Crippen molar-refractivity contribution in [3.05, 3.63) is 59.7 Å². The summed E-state index contributed by atoms with van der Waals surface area (Å²) in [5.41, 5.74) is 3.16. The highest BCUT2D eigenvalue weighted by Gasteiger charge is 2.09. The van der Waals surface area contributed by atoms with Gasteiger partial charge >= 0.3 is 5.97 Å². The summed E-state index contributed by atoms with van der Waals surface area (Å²) in [4.78, 5) is 24.3. The van der Waals surface area contributed by atoms with Crippen molar-refractivity contribution in [2.24, 2.45) is 0 Å². The predicted molar refractivity (Wildman–Crippen MR) is 81.2 cm³/mol. The maximum Gasteiger partial charge on any atom is 0.307 e. The lowest BCUT2D eigenvalue weighted by molar-refractivity contribution is -0.136. The summed E-state index contributed by atoms with van der Waals surface area (Å²) < 4.78 is 0. The molecule has 0 aliphatic rings. The first-order valence-electron chi connectivity index (χ1n) is 6.60. The number of carboxylic acids is 1. The molecule has 21 heavy (non-hydrogen) atoms. The van der Waals surface area contributed by atoms with Crippen LogP contribution in [0.3, 0.4) is 0 Å². The van der Waals surface area contributed by atoms with Crippen molar-refractivity contribution in [2.75, 3.05) is 14.1 Å². The minimum Gasteiger partial charge on any atom is -0.481 e. The number of carbonyl (C=O) groups is 2. The standard InChI is InChI=1S/C17H17NO3/c1-18(2)17(21)15-8-4-7-14(11-15)13-6-3-5-12(9-13)10-16(19)20/h3-9,11H,10H2,1-2H3,(H,19,20). The topological polar surface area (TPSA) is 57.6 Å². The largest absolute Gasteiger partial charge is 0.481 e. The monoisotopic (exact) mass is 283 g/mol. The maximum atomic E-state index is 12.0. The van der Waals surface area contributed by atoms with Crippen LogP contribution in [0.25, 0.3) is 11.1 Å². The Hall–Kier alpha value is -2.62. The average Bonchev–Trinajstić information content (AvgIpc) is 2.46. The molecule has 0 aromatic heterocycles. The Morgan fingerprint density at radius 2 is 1.62 bits per heavy atom. The van der Waals surface area contributed by atoms with E-state index in [-0.39, 0.29) is 12.3 Å². The third-order valence-electron chi connectivity index (χ3n) is 3.13. The lowest BCUT2D eigenvalue weighted by Gasteiger charge is -2.11. The highest BCUT2D eigenvalue weighted by molar-refractivity contribution is 5.95. The average molecular weight is 283 g/mol. The van der Waals surface area contributed by atoms with Gasteiger partial charge in [-0.2, -0.15) is 0 Å². The van der Waals surface area contributed by atoms with Gasteiger partial charge in [0.1, 0.15) is 0 Å². The second-order valence-corrected chi connectivity index (χ2v) is 5.05. The molecule has 2 aromatic carbocycles. The van der Waals surface area contributed by atoms with Gasteiger partial charge in [0, 0.05) is 19.7 Å². The van der Waals surface area contributed by atoms with E-state index in [9.17, 15) is 9.59 Å². The Morgan fingerprint density at radius 1 is 1.00 bits per heavy atom. The smallest absolute Gasteiger partial charge is 0.307 e. The van der Waals surface area contributed by atoms with Gasteiger partial charge in [0.2, 0.25) is 0 Å². The number of aliphatic carboxylic acids is 1. The molecule has 2 aromatic rings. The zero-order valence-electron chi connectivity index (χ0n) is 12.0. The second kappa shape index (κ2) is 6.22. The van der Waals surface area contributed by atoms with E-state index < -0.39 is 5.97 Å². The Bertz CT molecular complexity index is 677. The van der Waals surface area contributed by atoms with Crippen molar-refractivity contribution in [2.45, 2.75) is 6.42 Å². The fourth-order valence-corrected chi connectivity index (χ4v) is 2.13. The summed E-state index contributed by atoms with van der Waals surface area (Å²) in [6, 6.07) is 14.7. The van der Waals surface area contributed by atoms with Crippen LogP contribution in [0.15, 0.2) is 48.5 Å². The Kier molecular flexibility index (Phi) is 4.38. The van der Waals surface area contributed by atoms with Gasteiger partial charge in [-0.15, -0.1) is 0 Å². The molecular weight excluding hydrogens is 266 g/mol. The van der Waals surface area contributed by atoms with Gasteiger partial charge in [0.05, 0.1) is 6.42 Å². The van der Waals surface area contributed by atoms with E-state index in [2.05, 4.69) is 0 Å². The summed E-state index contributed by atoms with van der Waals surface area (Å²) >= 11 is 0. The van der Waals surface area contributed by atoms with Crippen molar-refractivity contribution in [3.8, 4) is 11.1 Å². The molecule has 2 rings (SSSR count). The molecule has 4 heteroatoms. The number of hydrogen-bond acceptors (Lipinski definition) is 2. The first-order chi connectivity index (χ1) is 9.97. The van der Waals surface area contributed by atoms with Crippen LogP contribution in [0.5, 0.6) is 0 Å². The minimum atomic E-state index is -0.858. The van der Waals surface area contributed by atoms with Gasteiger partial charge in [-0.3, -0.25) is 9.59 Å². The molecule has 0 atom stereocenters. The van der Waals surface area contributed by atoms with Gasteiger partial charge in [0.15, 0.2) is 0 Å². The van der Waals surface area contributed by atoms with E-state index in [1.165, 1.54) is 4.90 Å². The lowest BCUT2D eigenvalue weighted by atomic mass is 10.00. The molecule has 0 aliphatic heterocycles. The van der Waals surface area contributed by atoms with Crippen LogP contribution in [0.4, 0.5) is 0 Å². The van der Waals surface area contributed by atoms with Crippen molar-refractivity contribution in [1.82, 2.24) is 4.90 Å². The number of carbonyl (C=O) groups excluding carboxylic acids is 1. The minimum absolute atomic E-state index is 0.00976. The number of rotatable bonds is 4. The fraction of sp³-hybridized carbons (Fsp3) is 0.176. The normalized spacial score (nSPS) is 10.2. The molecule has 108 valence electrons. The Labute approximate surface area is 123 Å². The highest BCUT2D eigenvalue weighted by atomic mass is 16.4. The number of nitrogens with zero attached hydrogens (tertiary/aromatic N) is 1. The van der Waals surface area contributed by atoms with E-state index in [4.69, 9.17) is 5.11 Å². The molecule has 1 N–H and O–H groups in total. The fourth-order valence-electron chi connectivity index (χ4n) is 2.13. The van der Waals surface area contributed by atoms with Crippen LogP contribution in [-0.4, -0.2) is 36.0 Å². The van der Waals surface area contributed by atoms with Crippen LogP contribution in [0, 0.1) is 0 Å². The van der Waals surface area contributed by atoms with E-state index >= 15 is 0 Å². The van der Waals surface area contributed by atoms with Gasteiger partial charge in [-0.25, -0.2) is 0 Å². The number of amides is 1. The summed E-state index contributed by atoms with van der Waals surface area (Å²) in [6.07, 6.45) is -0.00976. The van der Waals surface area contributed by atoms with E-state index in [1.54, 1.807) is 26.2 Å². The molecule has 0 spiro atoms. The molecule has 0 bridgehead atoms. The highest BCUT2D eigenvalue weighted by Crippen LogP contribution is 2.22. The maximum absolute atomic E-state index is 12.0. The van der Waals surface area contributed by atoms with Crippen LogP contribution >= 0.6 is 0 Å². The van der Waals surface area contributed by atoms with Gasteiger partial charge in [-0.05, 0) is 28.8 Å². The third kappa shape index (κ3) is 3.69. The first-order valence-corrected chi connectivity index (χ1v) is 6.60. The summed E-state index contributed by atoms with van der Waals surface area (Å²) in [6.45, 7) is 0. The second-order valence-electron chi connectivity index (χ2n) is 5.05. The number of carboxylic acid groups (broad SMARTS) is 1. The zero-order valence-corrected chi connectivity index (χ0v) is 12.0. The van der Waals surface area contributed by atoms with Gasteiger partial charge < -0.3 is 10.0 Å². The van der Waals surface area contributed by atoms with E-state index in [0.717, 1.165) is 16.7 Å². The van der Waals surface area contributed by atoms with Crippen LogP contribution in [0.1, 0.15) is 15.9 Å². The first kappa shape index (κ1) is 14.8. The predicted octanol–water partition coefficient (Wildman–Crippen LogP) is 2.68. The zero-order chi connectivity index (χ0) is 15.4. The number of benzene rings is 2. The summed E-state index contributed by atoms with van der Waals surface area (Å²) in [5.74, 6) is -0.915. The quantitative estimate of drug-likeness (QED) is 0.938. The molecule has 4 nitrogen and oxygen atoms in total. The molecular formula is C17H17NO3.